The van der Waals surface area contributed by atoms with E-state index in [-0.39, 0.29) is 25.7 Å². The predicted octanol–water partition coefficient (Wildman–Crippen LogP) is 0.198. The molecule has 4 aromatic rings. The molecule has 0 saturated carbocycles. The number of carbonyl (C=O) groups excluding carboxylic acids is 4. The molecule has 4 amide bonds. The Hall–Kier alpha value is -5.17. The molecule has 0 aliphatic rings. The maximum atomic E-state index is 13.3. The molecule has 3 atom stereocenters. The summed E-state index contributed by atoms with van der Waals surface area (Å²) in [5, 5.41) is 18.6. The molecule has 0 aliphatic heterocycles. The van der Waals surface area contributed by atoms with Gasteiger partial charge in [0.25, 0.3) is 0 Å². The van der Waals surface area contributed by atoms with Gasteiger partial charge in [-0.3, -0.25) is 19.2 Å². The van der Waals surface area contributed by atoms with Crippen LogP contribution in [0.15, 0.2) is 60.9 Å². The first-order valence-electron chi connectivity index (χ1n) is 13.4. The van der Waals surface area contributed by atoms with E-state index < -0.39 is 54.3 Å². The van der Waals surface area contributed by atoms with Gasteiger partial charge in [0, 0.05) is 47.0 Å². The van der Waals surface area contributed by atoms with E-state index >= 15 is 0 Å². The first-order valence-corrected chi connectivity index (χ1v) is 13.4. The number of aromatic nitrogens is 2. The molecule has 4 rings (SSSR count). The van der Waals surface area contributed by atoms with Crippen LogP contribution in [-0.4, -0.2) is 69.3 Å². The summed E-state index contributed by atoms with van der Waals surface area (Å²) in [6.45, 7) is -0.555. The van der Waals surface area contributed by atoms with Gasteiger partial charge in [-0.2, -0.15) is 0 Å². The summed E-state index contributed by atoms with van der Waals surface area (Å²) in [6.07, 6.45) is 3.42. The van der Waals surface area contributed by atoms with Gasteiger partial charge in [0.2, 0.25) is 23.6 Å². The van der Waals surface area contributed by atoms with Gasteiger partial charge in [-0.25, -0.2) is 4.79 Å². The molecule has 13 nitrogen and oxygen atoms in total. The molecule has 0 aliphatic carbocycles. The lowest BCUT2D eigenvalue weighted by Gasteiger charge is -2.21. The molecule has 0 saturated heterocycles. The lowest BCUT2D eigenvalue weighted by atomic mass is 10.0. The van der Waals surface area contributed by atoms with Crippen LogP contribution in [0.1, 0.15) is 24.0 Å². The summed E-state index contributed by atoms with van der Waals surface area (Å²) in [5.41, 5.74) is 14.7. The maximum absolute atomic E-state index is 13.3. The van der Waals surface area contributed by atoms with Crippen LogP contribution in [0, 0.1) is 0 Å². The molecule has 2 aromatic heterocycles. The number of nitrogens with one attached hydrogen (secondary N) is 5. The number of hydrogen-bond acceptors (Lipinski definition) is 6. The number of rotatable bonds is 14. The van der Waals surface area contributed by atoms with Crippen LogP contribution < -0.4 is 27.4 Å². The standard InChI is InChI=1S/C29H33N7O6/c30-20(11-16-13-32-21-7-3-1-5-18(16)21)27(39)36-24(12-17-14-33-22-8-4-2-6-19(17)22)28(40)34-15-26(38)35-23(29(41)42)9-10-25(31)37/h1-8,13-14,20,23-24,32-33H,9-12,15,30H2,(H2,31,37)(H,34,40)(H,35,38)(H,36,39)(H,41,42). The van der Waals surface area contributed by atoms with E-state index in [4.69, 9.17) is 11.5 Å². The second kappa shape index (κ2) is 13.5. The fourth-order valence-corrected chi connectivity index (χ4v) is 4.72. The molecule has 0 spiro atoms. The Morgan fingerprint density at radius 1 is 0.786 bits per heavy atom. The first kappa shape index (κ1) is 29.8. The molecule has 13 heteroatoms. The number of amides is 4. The number of benzene rings is 2. The molecule has 220 valence electrons. The lowest BCUT2D eigenvalue weighted by Crippen LogP contribution is -2.54. The van der Waals surface area contributed by atoms with Crippen molar-refractivity contribution in [2.75, 3.05) is 6.54 Å². The average molecular weight is 576 g/mol. The first-order chi connectivity index (χ1) is 20.1. The van der Waals surface area contributed by atoms with Gasteiger partial charge in [0.1, 0.15) is 12.1 Å². The normalized spacial score (nSPS) is 13.3. The minimum Gasteiger partial charge on any atom is -0.480 e. The molecule has 3 unspecified atom stereocenters. The number of hydrogen-bond donors (Lipinski definition) is 8. The topological polar surface area (TPSA) is 225 Å². The van der Waals surface area contributed by atoms with Crippen LogP contribution in [0.2, 0.25) is 0 Å². The molecular weight excluding hydrogens is 542 g/mol. The Morgan fingerprint density at radius 2 is 1.36 bits per heavy atom. The lowest BCUT2D eigenvalue weighted by molar-refractivity contribution is -0.142. The van der Waals surface area contributed by atoms with Crippen LogP contribution in [0.4, 0.5) is 0 Å². The van der Waals surface area contributed by atoms with Crippen LogP contribution in [0.25, 0.3) is 21.8 Å². The number of para-hydroxylation sites is 2. The molecule has 0 radical (unpaired) electrons. The zero-order valence-electron chi connectivity index (χ0n) is 22.7. The Labute approximate surface area is 240 Å². The third kappa shape index (κ3) is 7.52. The number of carboxylic acids is 1. The van der Waals surface area contributed by atoms with Crippen molar-refractivity contribution >= 4 is 51.4 Å². The minimum absolute atomic E-state index is 0.0966. The fourth-order valence-electron chi connectivity index (χ4n) is 4.72. The number of carbonyl (C=O) groups is 5. The van der Waals surface area contributed by atoms with E-state index in [0.717, 1.165) is 32.9 Å². The number of aliphatic carboxylic acids is 1. The molecule has 10 N–H and O–H groups in total. The highest BCUT2D eigenvalue weighted by molar-refractivity contribution is 5.94. The van der Waals surface area contributed by atoms with Gasteiger partial charge in [0.05, 0.1) is 12.6 Å². The number of primary amides is 1. The summed E-state index contributed by atoms with van der Waals surface area (Å²) < 4.78 is 0. The minimum atomic E-state index is -1.36. The highest BCUT2D eigenvalue weighted by Gasteiger charge is 2.27. The Morgan fingerprint density at radius 3 is 1.93 bits per heavy atom. The molecule has 0 fully saturated rings. The second-order valence-corrected chi connectivity index (χ2v) is 9.98. The van der Waals surface area contributed by atoms with Crippen LogP contribution in [0.5, 0.6) is 0 Å². The van der Waals surface area contributed by atoms with Crippen molar-refractivity contribution in [2.45, 2.75) is 43.8 Å². The Balaban J connectivity index is 1.44. The maximum Gasteiger partial charge on any atom is 0.326 e. The Bertz CT molecular complexity index is 1610. The summed E-state index contributed by atoms with van der Waals surface area (Å²) in [7, 11) is 0. The molecule has 0 bridgehead atoms. The summed E-state index contributed by atoms with van der Waals surface area (Å²) >= 11 is 0. The zero-order valence-corrected chi connectivity index (χ0v) is 22.7. The second-order valence-electron chi connectivity index (χ2n) is 9.98. The van der Waals surface area contributed by atoms with Gasteiger partial charge >= 0.3 is 5.97 Å². The fraction of sp³-hybridized carbons (Fsp3) is 0.276. The van der Waals surface area contributed by atoms with Crippen molar-refractivity contribution in [1.29, 1.82) is 0 Å². The van der Waals surface area contributed by atoms with Crippen molar-refractivity contribution in [3.63, 3.8) is 0 Å². The number of aromatic amines is 2. The van der Waals surface area contributed by atoms with E-state index in [0.29, 0.717) is 0 Å². The zero-order chi connectivity index (χ0) is 30.2. The number of H-pyrrole nitrogens is 2. The van der Waals surface area contributed by atoms with E-state index in [1.54, 1.807) is 12.4 Å². The van der Waals surface area contributed by atoms with Gasteiger partial charge < -0.3 is 42.5 Å². The Kier molecular flexibility index (Phi) is 9.55. The van der Waals surface area contributed by atoms with Crippen molar-refractivity contribution in [3.05, 3.63) is 72.1 Å². The van der Waals surface area contributed by atoms with Crippen LogP contribution >= 0.6 is 0 Å². The highest BCUT2D eigenvalue weighted by atomic mass is 16.4. The molecular formula is C29H33N7O6. The van der Waals surface area contributed by atoms with Crippen molar-refractivity contribution < 1.29 is 29.1 Å². The van der Waals surface area contributed by atoms with Crippen LogP contribution in [0.3, 0.4) is 0 Å². The quantitative estimate of drug-likeness (QED) is 0.104. The van der Waals surface area contributed by atoms with E-state index in [2.05, 4.69) is 25.9 Å². The summed E-state index contributed by atoms with van der Waals surface area (Å²) in [4.78, 5) is 67.6. The highest BCUT2D eigenvalue weighted by Crippen LogP contribution is 2.20. The molecule has 2 heterocycles. The smallest absolute Gasteiger partial charge is 0.326 e. The molecule has 2 aromatic carbocycles. The SMILES string of the molecule is NC(=O)CCC(NC(=O)CNC(=O)C(Cc1c[nH]c2ccccc12)NC(=O)C(N)Cc1c[nH]c2ccccc12)C(=O)O. The average Bonchev–Trinajstić information content (AvgIpc) is 3.57. The third-order valence-electron chi connectivity index (χ3n) is 6.92. The molecule has 42 heavy (non-hydrogen) atoms. The van der Waals surface area contributed by atoms with E-state index in [9.17, 15) is 29.1 Å². The number of carboxylic acid groups (broad SMARTS) is 1. The largest absolute Gasteiger partial charge is 0.480 e. The van der Waals surface area contributed by atoms with Crippen molar-refractivity contribution in [1.82, 2.24) is 25.9 Å². The van der Waals surface area contributed by atoms with Crippen molar-refractivity contribution in [2.24, 2.45) is 11.5 Å². The number of nitrogens with two attached hydrogens (primary N) is 2. The monoisotopic (exact) mass is 575 g/mol. The van der Waals surface area contributed by atoms with Gasteiger partial charge in [-0.05, 0) is 36.1 Å². The van der Waals surface area contributed by atoms with Gasteiger partial charge in [-0.1, -0.05) is 36.4 Å². The van der Waals surface area contributed by atoms with E-state index in [1.165, 1.54) is 0 Å². The van der Waals surface area contributed by atoms with Crippen molar-refractivity contribution in [3.8, 4) is 0 Å². The van der Waals surface area contributed by atoms with Crippen LogP contribution in [-0.2, 0) is 36.8 Å². The summed E-state index contributed by atoms with van der Waals surface area (Å²) in [5.74, 6) is -4.05. The predicted molar refractivity (Wildman–Crippen MR) is 155 cm³/mol. The van der Waals surface area contributed by atoms with Gasteiger partial charge in [0.15, 0.2) is 0 Å². The van der Waals surface area contributed by atoms with E-state index in [1.807, 2.05) is 48.5 Å². The third-order valence-corrected chi connectivity index (χ3v) is 6.92. The van der Waals surface area contributed by atoms with Gasteiger partial charge in [-0.15, -0.1) is 0 Å². The number of fused-ring (bicyclic) bond motifs is 2. The summed E-state index contributed by atoms with van der Waals surface area (Å²) in [6, 6.07) is 11.7.